The Hall–Kier alpha value is -3.42. The third kappa shape index (κ3) is 2.46. The highest BCUT2D eigenvalue weighted by molar-refractivity contribution is 5.96. The van der Waals surface area contributed by atoms with Crippen molar-refractivity contribution in [2.45, 2.75) is 6.42 Å². The van der Waals surface area contributed by atoms with E-state index in [1.54, 1.807) is 38.6 Å². The van der Waals surface area contributed by atoms with E-state index < -0.39 is 0 Å². The smallest absolute Gasteiger partial charge is 0.271 e. The molecule has 0 saturated carbocycles. The number of benzene rings is 2. The highest BCUT2D eigenvalue weighted by Crippen LogP contribution is 2.41. The van der Waals surface area contributed by atoms with Gasteiger partial charge < -0.3 is 14.4 Å². The normalized spacial score (nSPS) is 12.9. The molecule has 132 valence electrons. The maximum absolute atomic E-state index is 11.1. The summed E-state index contributed by atoms with van der Waals surface area (Å²) >= 11 is 0. The van der Waals surface area contributed by atoms with Crippen molar-refractivity contribution < 1.29 is 14.4 Å². The maximum atomic E-state index is 11.1. The molecule has 0 fully saturated rings. The van der Waals surface area contributed by atoms with E-state index in [0.29, 0.717) is 23.6 Å². The molecule has 0 aliphatic carbocycles. The molecule has 0 bridgehead atoms. The Balaban J connectivity index is 1.89. The number of nitro benzene ring substituents is 1. The molecule has 8 heteroatoms. The Morgan fingerprint density at radius 3 is 2.62 bits per heavy atom. The zero-order chi connectivity index (χ0) is 18.3. The van der Waals surface area contributed by atoms with Gasteiger partial charge >= 0.3 is 0 Å². The van der Waals surface area contributed by atoms with E-state index in [9.17, 15) is 10.1 Å². The summed E-state index contributed by atoms with van der Waals surface area (Å²) in [4.78, 5) is 12.8. The summed E-state index contributed by atoms with van der Waals surface area (Å²) in [6.45, 7) is 0.714. The predicted molar refractivity (Wildman–Crippen MR) is 96.4 cm³/mol. The second kappa shape index (κ2) is 6.14. The zero-order valence-corrected chi connectivity index (χ0v) is 14.3. The van der Waals surface area contributed by atoms with Gasteiger partial charge in [-0.2, -0.15) is 10.2 Å². The summed E-state index contributed by atoms with van der Waals surface area (Å²) in [6, 6.07) is 8.59. The van der Waals surface area contributed by atoms with Crippen molar-refractivity contribution in [2.24, 2.45) is 0 Å². The van der Waals surface area contributed by atoms with Crippen LogP contribution in [0.4, 0.5) is 17.1 Å². The van der Waals surface area contributed by atoms with Gasteiger partial charge in [-0.15, -0.1) is 0 Å². The van der Waals surface area contributed by atoms with Gasteiger partial charge in [-0.1, -0.05) is 6.07 Å². The van der Waals surface area contributed by atoms with Gasteiger partial charge in [0.1, 0.15) is 0 Å². The van der Waals surface area contributed by atoms with Crippen LogP contribution in [-0.2, 0) is 6.42 Å². The van der Waals surface area contributed by atoms with Gasteiger partial charge in [-0.3, -0.25) is 10.1 Å². The number of nitrogens with zero attached hydrogens (tertiary/aromatic N) is 4. The molecule has 1 aliphatic heterocycles. The minimum absolute atomic E-state index is 0.0706. The number of aromatic nitrogens is 2. The van der Waals surface area contributed by atoms with Crippen LogP contribution in [0.15, 0.2) is 36.5 Å². The molecule has 1 aromatic heterocycles. The molecular weight excluding hydrogens is 336 g/mol. The minimum Gasteiger partial charge on any atom is -0.493 e. The molecule has 0 atom stereocenters. The van der Waals surface area contributed by atoms with Crippen LogP contribution in [0.3, 0.4) is 0 Å². The standard InChI is InChI=1S/C18H16N4O4/c1-25-17-8-13-14(9-18(17)26-2)20-19-10-16(13)21-6-5-11-3-4-12(22(23)24)7-15(11)21/h3-4,7-10H,5-6H2,1-2H3. The Morgan fingerprint density at radius 2 is 1.88 bits per heavy atom. The van der Waals surface area contributed by atoms with Crippen LogP contribution < -0.4 is 14.4 Å². The molecule has 4 rings (SSSR count). The Kier molecular flexibility index (Phi) is 3.80. The number of nitro groups is 1. The topological polar surface area (TPSA) is 90.6 Å². The summed E-state index contributed by atoms with van der Waals surface area (Å²) in [7, 11) is 3.14. The number of hydrogen-bond acceptors (Lipinski definition) is 7. The third-order valence-corrected chi connectivity index (χ3v) is 4.59. The van der Waals surface area contributed by atoms with Crippen LogP contribution in [0.5, 0.6) is 11.5 Å². The van der Waals surface area contributed by atoms with E-state index in [1.807, 2.05) is 17.0 Å². The number of rotatable bonds is 4. The molecule has 0 N–H and O–H groups in total. The van der Waals surface area contributed by atoms with E-state index >= 15 is 0 Å². The summed E-state index contributed by atoms with van der Waals surface area (Å²) in [6.07, 6.45) is 2.48. The molecular formula is C18H16N4O4. The summed E-state index contributed by atoms with van der Waals surface area (Å²) in [5.41, 5.74) is 3.46. The van der Waals surface area contributed by atoms with Crippen molar-refractivity contribution in [3.05, 3.63) is 52.2 Å². The molecule has 8 nitrogen and oxygen atoms in total. The molecule has 1 aliphatic rings. The molecule has 0 saturated heterocycles. The van der Waals surface area contributed by atoms with Crippen molar-refractivity contribution in [3.8, 4) is 11.5 Å². The second-order valence-electron chi connectivity index (χ2n) is 5.93. The lowest BCUT2D eigenvalue weighted by Crippen LogP contribution is -2.14. The van der Waals surface area contributed by atoms with E-state index in [1.165, 1.54) is 0 Å². The Bertz CT molecular complexity index is 1020. The van der Waals surface area contributed by atoms with Crippen LogP contribution >= 0.6 is 0 Å². The quantitative estimate of drug-likeness (QED) is 0.526. The maximum Gasteiger partial charge on any atom is 0.271 e. The van der Waals surface area contributed by atoms with Crippen molar-refractivity contribution in [1.29, 1.82) is 0 Å². The molecule has 0 unspecified atom stereocenters. The highest BCUT2D eigenvalue weighted by atomic mass is 16.6. The third-order valence-electron chi connectivity index (χ3n) is 4.59. The lowest BCUT2D eigenvalue weighted by atomic mass is 10.1. The fraction of sp³-hybridized carbons (Fsp3) is 0.222. The average molecular weight is 352 g/mol. The average Bonchev–Trinajstić information content (AvgIpc) is 3.09. The van der Waals surface area contributed by atoms with Gasteiger partial charge in [0.05, 0.1) is 42.2 Å². The molecule has 2 heterocycles. The van der Waals surface area contributed by atoms with Crippen molar-refractivity contribution >= 4 is 28.0 Å². The van der Waals surface area contributed by atoms with Gasteiger partial charge in [0, 0.05) is 30.1 Å². The fourth-order valence-corrected chi connectivity index (χ4v) is 3.32. The highest BCUT2D eigenvalue weighted by Gasteiger charge is 2.25. The minimum atomic E-state index is -0.381. The van der Waals surface area contributed by atoms with E-state index in [-0.39, 0.29) is 10.6 Å². The molecule has 26 heavy (non-hydrogen) atoms. The van der Waals surface area contributed by atoms with Gasteiger partial charge in [0.25, 0.3) is 5.69 Å². The van der Waals surface area contributed by atoms with Gasteiger partial charge in [-0.25, -0.2) is 0 Å². The zero-order valence-electron chi connectivity index (χ0n) is 14.3. The van der Waals surface area contributed by atoms with Crippen LogP contribution in [0, 0.1) is 10.1 Å². The molecule has 2 aromatic carbocycles. The number of fused-ring (bicyclic) bond motifs is 2. The monoisotopic (exact) mass is 352 g/mol. The number of hydrogen-bond donors (Lipinski definition) is 0. The summed E-state index contributed by atoms with van der Waals surface area (Å²) < 4.78 is 10.7. The first kappa shape index (κ1) is 16.1. The van der Waals surface area contributed by atoms with Crippen LogP contribution in [0.25, 0.3) is 10.9 Å². The molecule has 0 radical (unpaired) electrons. The van der Waals surface area contributed by atoms with Crippen molar-refractivity contribution in [1.82, 2.24) is 10.2 Å². The largest absolute Gasteiger partial charge is 0.493 e. The first-order valence-corrected chi connectivity index (χ1v) is 8.04. The van der Waals surface area contributed by atoms with E-state index in [0.717, 1.165) is 28.7 Å². The van der Waals surface area contributed by atoms with E-state index in [2.05, 4.69) is 10.2 Å². The second-order valence-corrected chi connectivity index (χ2v) is 5.93. The van der Waals surface area contributed by atoms with Gasteiger partial charge in [-0.05, 0) is 18.1 Å². The summed E-state index contributed by atoms with van der Waals surface area (Å²) in [5, 5.41) is 20.3. The van der Waals surface area contributed by atoms with Gasteiger partial charge in [0.15, 0.2) is 11.5 Å². The lowest BCUT2D eigenvalue weighted by molar-refractivity contribution is -0.384. The Morgan fingerprint density at radius 1 is 1.12 bits per heavy atom. The number of ether oxygens (including phenoxy) is 2. The number of methoxy groups -OCH3 is 2. The van der Waals surface area contributed by atoms with E-state index in [4.69, 9.17) is 9.47 Å². The Labute approximate surface area is 149 Å². The SMILES string of the molecule is COc1cc2nncc(N3CCc4ccc([N+](=O)[O-])cc43)c2cc1OC. The lowest BCUT2D eigenvalue weighted by Gasteiger charge is -2.21. The predicted octanol–water partition coefficient (Wildman–Crippen LogP) is 3.25. The first-order valence-electron chi connectivity index (χ1n) is 8.04. The van der Waals surface area contributed by atoms with Crippen molar-refractivity contribution in [3.63, 3.8) is 0 Å². The van der Waals surface area contributed by atoms with Crippen molar-refractivity contribution in [2.75, 3.05) is 25.7 Å². The molecule has 0 spiro atoms. The van der Waals surface area contributed by atoms with Gasteiger partial charge in [0.2, 0.25) is 0 Å². The molecule has 3 aromatic rings. The van der Waals surface area contributed by atoms with Crippen LogP contribution in [0.2, 0.25) is 0 Å². The van der Waals surface area contributed by atoms with Crippen LogP contribution in [-0.4, -0.2) is 35.9 Å². The number of non-ortho nitro benzene ring substituents is 1. The van der Waals surface area contributed by atoms with Crippen LogP contribution in [0.1, 0.15) is 5.56 Å². The fourth-order valence-electron chi connectivity index (χ4n) is 3.32. The molecule has 0 amide bonds. The first-order chi connectivity index (χ1) is 12.6. The summed E-state index contributed by atoms with van der Waals surface area (Å²) in [5.74, 6) is 1.16. The number of anilines is 2.